The average molecular weight is 609 g/mol. The van der Waals surface area contributed by atoms with Crippen molar-refractivity contribution < 1.29 is 22.7 Å². The van der Waals surface area contributed by atoms with Gasteiger partial charge in [-0.05, 0) is 75.1 Å². The van der Waals surface area contributed by atoms with Crippen LogP contribution in [-0.2, 0) is 26.2 Å². The van der Waals surface area contributed by atoms with Gasteiger partial charge in [-0.2, -0.15) is 0 Å². The third-order valence-corrected chi connectivity index (χ3v) is 8.45. The first kappa shape index (κ1) is 30.0. The van der Waals surface area contributed by atoms with E-state index < -0.39 is 16.1 Å². The summed E-state index contributed by atoms with van der Waals surface area (Å²) < 4.78 is 32.7. The van der Waals surface area contributed by atoms with E-state index in [1.165, 1.54) is 4.31 Å². The molecule has 0 radical (unpaired) electrons. The minimum Gasteiger partial charge on any atom is -0.494 e. The van der Waals surface area contributed by atoms with Crippen molar-refractivity contribution in [2.45, 2.75) is 71.0 Å². The summed E-state index contributed by atoms with van der Waals surface area (Å²) in [7, 11) is -3.56. The molecule has 1 fully saturated rings. The maximum atomic E-state index is 13.4. The van der Waals surface area contributed by atoms with E-state index in [-0.39, 0.29) is 30.8 Å². The fourth-order valence-electron chi connectivity index (χ4n) is 4.64. The number of rotatable bonds is 13. The number of halogens is 1. The van der Waals surface area contributed by atoms with Crippen LogP contribution in [0.5, 0.6) is 5.75 Å². The van der Waals surface area contributed by atoms with Gasteiger partial charge in [-0.1, -0.05) is 40.9 Å². The first-order valence-electron chi connectivity index (χ1n) is 13.1. The largest absolute Gasteiger partial charge is 0.494 e. The van der Waals surface area contributed by atoms with Gasteiger partial charge in [0.05, 0.1) is 18.6 Å². The molecule has 208 valence electrons. The second-order valence-electron chi connectivity index (χ2n) is 9.68. The lowest BCUT2D eigenvalue weighted by Crippen LogP contribution is -2.49. The predicted octanol–water partition coefficient (Wildman–Crippen LogP) is 4.87. The molecule has 0 heterocycles. The van der Waals surface area contributed by atoms with Gasteiger partial charge in [0.2, 0.25) is 21.8 Å². The molecule has 38 heavy (non-hydrogen) atoms. The van der Waals surface area contributed by atoms with Crippen molar-refractivity contribution >= 4 is 43.5 Å². The van der Waals surface area contributed by atoms with Gasteiger partial charge in [-0.3, -0.25) is 13.9 Å². The van der Waals surface area contributed by atoms with Crippen LogP contribution >= 0.6 is 15.9 Å². The molecule has 0 aliphatic heterocycles. The van der Waals surface area contributed by atoms with Crippen molar-refractivity contribution in [1.82, 2.24) is 10.2 Å². The number of carbonyl (C=O) groups is 2. The van der Waals surface area contributed by atoms with Crippen LogP contribution in [0.15, 0.2) is 53.0 Å². The van der Waals surface area contributed by atoms with E-state index in [0.717, 1.165) is 42.0 Å². The molecular weight excluding hydrogens is 570 g/mol. The standard InChI is InChI=1S/C28H38BrN3O5S/c1-4-37-26-17-15-25(16-18-26)32(38(3,35)36)19-7-10-27(33)31(20-22-11-13-23(29)14-12-22)21(2)28(34)30-24-8-5-6-9-24/h11-18,21,24H,4-10,19-20H2,1-3H3,(H,30,34)/t21-/m0/s1. The Balaban J connectivity index is 1.69. The van der Waals surface area contributed by atoms with Gasteiger partial charge >= 0.3 is 0 Å². The van der Waals surface area contributed by atoms with Crippen LogP contribution in [0.25, 0.3) is 0 Å². The maximum absolute atomic E-state index is 13.4. The second-order valence-corrected chi connectivity index (χ2v) is 12.5. The molecule has 3 rings (SSSR count). The molecule has 2 aromatic carbocycles. The molecule has 8 nitrogen and oxygen atoms in total. The van der Waals surface area contributed by atoms with Gasteiger partial charge < -0.3 is 15.0 Å². The quantitative estimate of drug-likeness (QED) is 0.350. The highest BCUT2D eigenvalue weighted by Crippen LogP contribution is 2.23. The summed E-state index contributed by atoms with van der Waals surface area (Å²) in [6.07, 6.45) is 5.71. The molecule has 1 N–H and O–H groups in total. The van der Waals surface area contributed by atoms with Gasteiger partial charge in [0, 0.05) is 30.0 Å². The molecular formula is C28H38BrN3O5S. The van der Waals surface area contributed by atoms with Crippen LogP contribution in [0.3, 0.4) is 0 Å². The van der Waals surface area contributed by atoms with E-state index in [2.05, 4.69) is 21.2 Å². The summed E-state index contributed by atoms with van der Waals surface area (Å²) in [6.45, 7) is 4.59. The molecule has 0 spiro atoms. The number of sulfonamides is 1. The Morgan fingerprint density at radius 1 is 1.08 bits per heavy atom. The topological polar surface area (TPSA) is 96.0 Å². The second kappa shape index (κ2) is 14.0. The fraction of sp³-hybridized carbons (Fsp3) is 0.500. The SMILES string of the molecule is CCOc1ccc(N(CCCC(=O)N(Cc2ccc(Br)cc2)[C@@H](C)C(=O)NC2CCCC2)S(C)(=O)=O)cc1. The van der Waals surface area contributed by atoms with Gasteiger partial charge in [0.15, 0.2) is 0 Å². The molecule has 1 aliphatic rings. The summed E-state index contributed by atoms with van der Waals surface area (Å²) >= 11 is 3.43. The zero-order valence-corrected chi connectivity index (χ0v) is 24.8. The van der Waals surface area contributed by atoms with Crippen molar-refractivity contribution in [1.29, 1.82) is 0 Å². The number of nitrogens with one attached hydrogen (secondary N) is 1. The molecule has 0 bridgehead atoms. The number of amides is 2. The van der Waals surface area contributed by atoms with Crippen LogP contribution in [0.2, 0.25) is 0 Å². The first-order chi connectivity index (χ1) is 18.1. The Kier molecular flexibility index (Phi) is 11.0. The van der Waals surface area contributed by atoms with Crippen LogP contribution in [0, 0.1) is 0 Å². The normalized spacial score (nSPS) is 14.6. The maximum Gasteiger partial charge on any atom is 0.242 e. The van der Waals surface area contributed by atoms with Crippen LogP contribution in [0.1, 0.15) is 57.9 Å². The van der Waals surface area contributed by atoms with Gasteiger partial charge in [-0.25, -0.2) is 8.42 Å². The number of carbonyl (C=O) groups excluding carboxylic acids is 2. The lowest BCUT2D eigenvalue weighted by Gasteiger charge is -2.30. The summed E-state index contributed by atoms with van der Waals surface area (Å²) in [5.74, 6) is 0.310. The highest BCUT2D eigenvalue weighted by atomic mass is 79.9. The Morgan fingerprint density at radius 2 is 1.71 bits per heavy atom. The lowest BCUT2D eigenvalue weighted by atomic mass is 10.1. The number of anilines is 1. The number of ether oxygens (including phenoxy) is 1. The van der Waals surface area contributed by atoms with Gasteiger partial charge in [-0.15, -0.1) is 0 Å². The zero-order valence-electron chi connectivity index (χ0n) is 22.4. The van der Waals surface area contributed by atoms with E-state index in [4.69, 9.17) is 4.74 Å². The fourth-order valence-corrected chi connectivity index (χ4v) is 5.87. The number of nitrogens with zero attached hydrogens (tertiary/aromatic N) is 2. The Morgan fingerprint density at radius 3 is 2.29 bits per heavy atom. The van der Waals surface area contributed by atoms with E-state index in [9.17, 15) is 18.0 Å². The van der Waals surface area contributed by atoms with E-state index in [1.807, 2.05) is 31.2 Å². The Hall–Kier alpha value is -2.59. The molecule has 1 atom stereocenters. The lowest BCUT2D eigenvalue weighted by molar-refractivity contribution is -0.141. The molecule has 1 saturated carbocycles. The van der Waals surface area contributed by atoms with E-state index in [1.54, 1.807) is 36.1 Å². The number of hydrogen-bond acceptors (Lipinski definition) is 5. The molecule has 0 aromatic heterocycles. The zero-order chi connectivity index (χ0) is 27.7. The van der Waals surface area contributed by atoms with E-state index in [0.29, 0.717) is 31.0 Å². The third-order valence-electron chi connectivity index (χ3n) is 6.72. The monoisotopic (exact) mass is 607 g/mol. The molecule has 2 aromatic rings. The predicted molar refractivity (Wildman–Crippen MR) is 154 cm³/mol. The van der Waals surface area contributed by atoms with Crippen LogP contribution in [0.4, 0.5) is 5.69 Å². The van der Waals surface area contributed by atoms with E-state index >= 15 is 0 Å². The third kappa shape index (κ3) is 8.73. The van der Waals surface area contributed by atoms with Gasteiger partial charge in [0.1, 0.15) is 11.8 Å². The van der Waals surface area contributed by atoms with Crippen molar-refractivity contribution in [2.24, 2.45) is 0 Å². The minimum absolute atomic E-state index is 0.112. The Bertz CT molecular complexity index is 1170. The average Bonchev–Trinajstić information content (AvgIpc) is 3.39. The van der Waals surface area contributed by atoms with Crippen molar-refractivity contribution in [3.63, 3.8) is 0 Å². The highest BCUT2D eigenvalue weighted by molar-refractivity contribution is 9.10. The summed E-state index contributed by atoms with van der Waals surface area (Å²) in [4.78, 5) is 28.1. The summed E-state index contributed by atoms with van der Waals surface area (Å²) in [5.41, 5.74) is 1.42. The molecule has 0 unspecified atom stereocenters. The van der Waals surface area contributed by atoms with Crippen LogP contribution in [-0.4, -0.2) is 56.6 Å². The van der Waals surface area contributed by atoms with Crippen molar-refractivity contribution in [2.75, 3.05) is 23.7 Å². The van der Waals surface area contributed by atoms with Crippen molar-refractivity contribution in [3.05, 3.63) is 58.6 Å². The smallest absolute Gasteiger partial charge is 0.242 e. The molecule has 2 amide bonds. The molecule has 0 saturated heterocycles. The first-order valence-corrected chi connectivity index (χ1v) is 15.8. The number of hydrogen-bond donors (Lipinski definition) is 1. The van der Waals surface area contributed by atoms with Crippen LogP contribution < -0.4 is 14.4 Å². The van der Waals surface area contributed by atoms with Crippen molar-refractivity contribution in [3.8, 4) is 5.75 Å². The number of benzene rings is 2. The van der Waals surface area contributed by atoms with Gasteiger partial charge in [0.25, 0.3) is 0 Å². The Labute approximate surface area is 234 Å². The minimum atomic E-state index is -3.56. The summed E-state index contributed by atoms with van der Waals surface area (Å²) in [5, 5.41) is 3.10. The summed E-state index contributed by atoms with van der Waals surface area (Å²) in [6, 6.07) is 14.0. The molecule has 10 heteroatoms. The highest BCUT2D eigenvalue weighted by Gasteiger charge is 2.28. The molecule has 1 aliphatic carbocycles.